The lowest BCUT2D eigenvalue weighted by Gasteiger charge is -2.26. The molecule has 0 bridgehead atoms. The van der Waals surface area contributed by atoms with E-state index in [0.717, 1.165) is 11.4 Å². The van der Waals surface area contributed by atoms with Gasteiger partial charge in [-0.05, 0) is 25.1 Å². The summed E-state index contributed by atoms with van der Waals surface area (Å²) in [6, 6.07) is 3.94. The van der Waals surface area contributed by atoms with Crippen LogP contribution in [0.2, 0.25) is 0 Å². The Bertz CT molecular complexity index is 330. The van der Waals surface area contributed by atoms with Crippen LogP contribution in [0.5, 0.6) is 0 Å². The summed E-state index contributed by atoms with van der Waals surface area (Å²) in [4.78, 5) is 4.24. The Labute approximate surface area is 71.7 Å². The normalized spacial score (nSPS) is 14.8. The zero-order valence-electron chi connectivity index (χ0n) is 7.20. The Morgan fingerprint density at radius 2 is 2.33 bits per heavy atom. The van der Waals surface area contributed by atoms with Crippen molar-refractivity contribution < 1.29 is 0 Å². The fourth-order valence-electron chi connectivity index (χ4n) is 1.19. The second kappa shape index (κ2) is 2.52. The van der Waals surface area contributed by atoms with Gasteiger partial charge in [-0.2, -0.15) is 0 Å². The summed E-state index contributed by atoms with van der Waals surface area (Å²) >= 11 is 0. The van der Waals surface area contributed by atoms with E-state index in [9.17, 15) is 0 Å². The highest BCUT2D eigenvalue weighted by Gasteiger charge is 2.10. The fourth-order valence-corrected chi connectivity index (χ4v) is 1.19. The molecule has 0 fully saturated rings. The van der Waals surface area contributed by atoms with E-state index in [1.807, 2.05) is 31.1 Å². The fraction of sp³-hybridized carbons (Fsp3) is 0.222. The van der Waals surface area contributed by atoms with Gasteiger partial charge in [0, 0.05) is 18.9 Å². The topological polar surface area (TPSA) is 28.2 Å². The van der Waals surface area contributed by atoms with Gasteiger partial charge in [-0.15, -0.1) is 0 Å². The second-order valence-corrected chi connectivity index (χ2v) is 2.89. The first-order valence-corrected chi connectivity index (χ1v) is 3.91. The molecule has 0 aliphatic carbocycles. The average molecular weight is 161 g/mol. The Balaban J connectivity index is 2.49. The van der Waals surface area contributed by atoms with Crippen molar-refractivity contribution in [2.75, 3.05) is 12.5 Å². The number of hydrogen-bond donors (Lipinski definition) is 1. The van der Waals surface area contributed by atoms with Crippen LogP contribution in [-0.2, 0) is 0 Å². The van der Waals surface area contributed by atoms with Crippen LogP contribution in [0, 0.1) is 0 Å². The summed E-state index contributed by atoms with van der Waals surface area (Å²) in [5.74, 6) is 0. The van der Waals surface area contributed by atoms with Gasteiger partial charge < -0.3 is 0 Å². The maximum Gasteiger partial charge on any atom is 0.0896 e. The Kier molecular flexibility index (Phi) is 1.50. The minimum Gasteiger partial charge on any atom is -0.297 e. The average Bonchev–Trinajstić information content (AvgIpc) is 2.07. The molecule has 0 unspecified atom stereocenters. The van der Waals surface area contributed by atoms with E-state index < -0.39 is 0 Å². The maximum atomic E-state index is 4.24. The number of fused-ring (bicyclic) bond motifs is 1. The summed E-state index contributed by atoms with van der Waals surface area (Å²) in [6.07, 6.45) is 3.86. The van der Waals surface area contributed by atoms with Crippen LogP contribution < -0.4 is 5.43 Å². The van der Waals surface area contributed by atoms with E-state index in [1.165, 1.54) is 5.70 Å². The first-order valence-electron chi connectivity index (χ1n) is 3.91. The quantitative estimate of drug-likeness (QED) is 0.628. The number of hydrogen-bond acceptors (Lipinski definition) is 3. The molecule has 2 heterocycles. The van der Waals surface area contributed by atoms with Gasteiger partial charge in [0.1, 0.15) is 0 Å². The Hall–Kier alpha value is -1.51. The lowest BCUT2D eigenvalue weighted by molar-refractivity contribution is 0.502. The molecule has 0 saturated carbocycles. The van der Waals surface area contributed by atoms with E-state index in [4.69, 9.17) is 0 Å². The summed E-state index contributed by atoms with van der Waals surface area (Å²) in [5, 5.41) is 1.98. The third kappa shape index (κ3) is 1.03. The van der Waals surface area contributed by atoms with Crippen LogP contribution in [0.1, 0.15) is 12.6 Å². The summed E-state index contributed by atoms with van der Waals surface area (Å²) in [5.41, 5.74) is 6.45. The van der Waals surface area contributed by atoms with Gasteiger partial charge in [0.05, 0.1) is 11.4 Å². The zero-order valence-corrected chi connectivity index (χ0v) is 7.20. The zero-order chi connectivity index (χ0) is 8.55. The van der Waals surface area contributed by atoms with Gasteiger partial charge in [0.25, 0.3) is 0 Å². The summed E-state index contributed by atoms with van der Waals surface area (Å²) in [7, 11) is 1.99. The lowest BCUT2D eigenvalue weighted by atomic mass is 10.2. The highest BCUT2D eigenvalue weighted by Crippen LogP contribution is 2.22. The molecule has 1 aromatic heterocycles. The second-order valence-electron chi connectivity index (χ2n) is 2.89. The molecule has 0 aromatic carbocycles. The molecule has 1 aromatic rings. The molecule has 1 N–H and O–H groups in total. The van der Waals surface area contributed by atoms with Crippen molar-refractivity contribution in [2.45, 2.75) is 6.92 Å². The molecule has 62 valence electrons. The van der Waals surface area contributed by atoms with E-state index in [2.05, 4.69) is 16.5 Å². The molecular formula is C9H11N3. The number of aromatic nitrogens is 1. The highest BCUT2D eigenvalue weighted by molar-refractivity contribution is 5.66. The van der Waals surface area contributed by atoms with Gasteiger partial charge in [-0.1, -0.05) is 0 Å². The molecule has 1 aliphatic heterocycles. The van der Waals surface area contributed by atoms with E-state index in [-0.39, 0.29) is 0 Å². The predicted octanol–water partition coefficient (Wildman–Crippen LogP) is 1.71. The number of anilines is 1. The van der Waals surface area contributed by atoms with Crippen molar-refractivity contribution in [1.29, 1.82) is 0 Å². The molecule has 0 radical (unpaired) electrons. The number of nitrogens with zero attached hydrogens (tertiary/aromatic N) is 2. The number of allylic oxidation sites excluding steroid dienone is 1. The molecule has 0 saturated heterocycles. The number of hydrazine groups is 1. The van der Waals surface area contributed by atoms with Gasteiger partial charge in [0.2, 0.25) is 0 Å². The van der Waals surface area contributed by atoms with Crippen molar-refractivity contribution in [3.8, 4) is 0 Å². The van der Waals surface area contributed by atoms with Crippen LogP contribution in [0.15, 0.2) is 24.0 Å². The van der Waals surface area contributed by atoms with E-state index >= 15 is 0 Å². The molecule has 2 rings (SSSR count). The van der Waals surface area contributed by atoms with E-state index in [1.54, 1.807) is 6.20 Å². The predicted molar refractivity (Wildman–Crippen MR) is 49.3 cm³/mol. The summed E-state index contributed by atoms with van der Waals surface area (Å²) in [6.45, 7) is 2.05. The van der Waals surface area contributed by atoms with Crippen molar-refractivity contribution in [3.05, 3.63) is 29.7 Å². The van der Waals surface area contributed by atoms with Gasteiger partial charge in [0.15, 0.2) is 0 Å². The van der Waals surface area contributed by atoms with Crippen LogP contribution in [0.4, 0.5) is 5.69 Å². The maximum absolute atomic E-state index is 4.24. The molecule has 12 heavy (non-hydrogen) atoms. The number of nitrogens with one attached hydrogen (secondary N) is 1. The van der Waals surface area contributed by atoms with Crippen LogP contribution in [0.25, 0.3) is 6.08 Å². The first-order chi connectivity index (χ1) is 5.77. The van der Waals surface area contributed by atoms with Gasteiger partial charge in [-0.3, -0.25) is 15.4 Å². The first kappa shape index (κ1) is 7.16. The number of pyridine rings is 1. The van der Waals surface area contributed by atoms with Gasteiger partial charge in [-0.25, -0.2) is 0 Å². The van der Waals surface area contributed by atoms with Crippen LogP contribution in [-0.4, -0.2) is 17.0 Å². The van der Waals surface area contributed by atoms with Crippen molar-refractivity contribution >= 4 is 11.8 Å². The summed E-state index contributed by atoms with van der Waals surface area (Å²) < 4.78 is 0. The SMILES string of the molecule is CC1=Cc2ncccc2NN1C. The van der Waals surface area contributed by atoms with Gasteiger partial charge >= 0.3 is 0 Å². The molecule has 3 nitrogen and oxygen atoms in total. The monoisotopic (exact) mass is 161 g/mol. The molecule has 0 atom stereocenters. The lowest BCUT2D eigenvalue weighted by Crippen LogP contribution is -2.26. The number of rotatable bonds is 0. The largest absolute Gasteiger partial charge is 0.297 e. The molecule has 3 heteroatoms. The molecule has 1 aliphatic rings. The van der Waals surface area contributed by atoms with E-state index in [0.29, 0.717) is 0 Å². The third-order valence-corrected chi connectivity index (χ3v) is 2.00. The smallest absolute Gasteiger partial charge is 0.0896 e. The van der Waals surface area contributed by atoms with Crippen molar-refractivity contribution in [3.63, 3.8) is 0 Å². The van der Waals surface area contributed by atoms with Crippen LogP contribution in [0.3, 0.4) is 0 Å². The molecule has 0 amide bonds. The van der Waals surface area contributed by atoms with Crippen LogP contribution >= 0.6 is 0 Å². The standard InChI is InChI=1S/C9H11N3/c1-7-6-9-8(11-12(7)2)4-3-5-10-9/h3-6,11H,1-2H3. The molecular weight excluding hydrogens is 150 g/mol. The highest BCUT2D eigenvalue weighted by atomic mass is 15.5. The van der Waals surface area contributed by atoms with Crippen molar-refractivity contribution in [2.24, 2.45) is 0 Å². The third-order valence-electron chi connectivity index (χ3n) is 2.00. The minimum absolute atomic E-state index is 1.01. The minimum atomic E-state index is 1.01. The Morgan fingerprint density at radius 3 is 3.17 bits per heavy atom. The molecule has 0 spiro atoms. The van der Waals surface area contributed by atoms with Crippen molar-refractivity contribution in [1.82, 2.24) is 9.99 Å². The Morgan fingerprint density at radius 1 is 1.50 bits per heavy atom.